The number of piperazine rings is 1. The molecule has 0 amide bonds. The molecule has 18 heteroatoms. The molecule has 3 N–H and O–H groups in total. The first-order valence-electron chi connectivity index (χ1n) is 15.9. The largest absolute Gasteiger partial charge is 0.461 e. The van der Waals surface area contributed by atoms with Gasteiger partial charge in [-0.15, -0.1) is 0 Å². The van der Waals surface area contributed by atoms with E-state index in [4.69, 9.17) is 15.2 Å². The molecule has 9 rings (SSSR count). The molecule has 2 bridgehead atoms. The van der Waals surface area contributed by atoms with E-state index in [-0.39, 0.29) is 67.7 Å². The summed E-state index contributed by atoms with van der Waals surface area (Å²) in [6, 6.07) is 0.0488. The van der Waals surface area contributed by atoms with Gasteiger partial charge in [0, 0.05) is 38.0 Å². The predicted molar refractivity (Wildman–Crippen MR) is 169 cm³/mol. The summed E-state index contributed by atoms with van der Waals surface area (Å²) in [7, 11) is -4.75. The number of rotatable bonds is 6. The van der Waals surface area contributed by atoms with Crippen molar-refractivity contribution in [3.63, 3.8) is 0 Å². The average molecular weight is 709 g/mol. The number of alkyl halides is 3. The van der Waals surface area contributed by atoms with Gasteiger partial charge in [-0.3, -0.25) is 9.21 Å². The van der Waals surface area contributed by atoms with Crippen molar-refractivity contribution in [1.82, 2.24) is 29.5 Å². The van der Waals surface area contributed by atoms with Crippen LogP contribution in [0.4, 0.5) is 28.5 Å². The van der Waals surface area contributed by atoms with Crippen molar-refractivity contribution in [2.45, 2.75) is 66.3 Å². The second-order valence-corrected chi connectivity index (χ2v) is 16.2. The third kappa shape index (κ3) is 4.62. The molecular formula is C30H32F4N8O4S2. The van der Waals surface area contributed by atoms with Crippen LogP contribution in [0.1, 0.15) is 36.9 Å². The van der Waals surface area contributed by atoms with Gasteiger partial charge in [0.2, 0.25) is 0 Å². The van der Waals surface area contributed by atoms with Gasteiger partial charge >= 0.3 is 6.01 Å². The highest BCUT2D eigenvalue weighted by Gasteiger charge is 2.65. The van der Waals surface area contributed by atoms with E-state index in [1.165, 1.54) is 12.1 Å². The van der Waals surface area contributed by atoms with E-state index >= 15 is 0 Å². The Kier molecular flexibility index (Phi) is 6.78. The third-order valence-electron chi connectivity index (χ3n) is 10.4. The van der Waals surface area contributed by atoms with E-state index in [2.05, 4.69) is 25.2 Å². The summed E-state index contributed by atoms with van der Waals surface area (Å²) < 4.78 is 102. The van der Waals surface area contributed by atoms with Crippen LogP contribution in [0.25, 0.3) is 22.0 Å². The minimum Gasteiger partial charge on any atom is -0.461 e. The van der Waals surface area contributed by atoms with Gasteiger partial charge < -0.3 is 25.4 Å². The maximum absolute atomic E-state index is 14.9. The lowest BCUT2D eigenvalue weighted by molar-refractivity contribution is 0.0516. The van der Waals surface area contributed by atoms with E-state index < -0.39 is 45.9 Å². The Morgan fingerprint density at radius 3 is 2.67 bits per heavy atom. The van der Waals surface area contributed by atoms with Gasteiger partial charge in [-0.2, -0.15) is 9.97 Å². The number of ether oxygens (including phenoxy) is 2. The molecule has 6 aliphatic rings. The second kappa shape index (κ2) is 10.6. The van der Waals surface area contributed by atoms with E-state index in [1.807, 2.05) is 4.90 Å². The van der Waals surface area contributed by atoms with Crippen LogP contribution in [0.15, 0.2) is 17.0 Å². The summed E-state index contributed by atoms with van der Waals surface area (Å²) in [4.78, 5) is 17.1. The Labute approximate surface area is 276 Å². The molecule has 48 heavy (non-hydrogen) atoms. The number of hydrogen-bond donors (Lipinski definition) is 2. The number of nitrogens with zero attached hydrogens (tertiary/aromatic N) is 6. The van der Waals surface area contributed by atoms with Gasteiger partial charge in [0.25, 0.3) is 15.9 Å². The lowest BCUT2D eigenvalue weighted by atomic mass is 9.95. The quantitative estimate of drug-likeness (QED) is 0.366. The molecule has 0 radical (unpaired) electrons. The summed E-state index contributed by atoms with van der Waals surface area (Å²) in [5, 5.41) is 3.37. The van der Waals surface area contributed by atoms with Crippen molar-refractivity contribution in [3.8, 4) is 6.01 Å². The number of benzene rings is 1. The first-order chi connectivity index (χ1) is 22.9. The number of nitrogens with one attached hydrogen (secondary N) is 1. The van der Waals surface area contributed by atoms with Gasteiger partial charge in [-0.1, -0.05) is 11.3 Å². The summed E-state index contributed by atoms with van der Waals surface area (Å²) in [6.45, 7) is 2.71. The molecule has 5 aliphatic heterocycles. The summed E-state index contributed by atoms with van der Waals surface area (Å²) >= 11 is 0.874. The zero-order chi connectivity index (χ0) is 33.2. The van der Waals surface area contributed by atoms with Crippen LogP contribution in [-0.4, -0.2) is 114 Å². The summed E-state index contributed by atoms with van der Waals surface area (Å²) in [5.74, 6) is -3.88. The Bertz CT molecular complexity index is 1960. The minimum atomic E-state index is -4.75. The third-order valence-corrected chi connectivity index (χ3v) is 13.2. The fourth-order valence-corrected chi connectivity index (χ4v) is 10.8. The molecule has 0 spiro atoms. The fraction of sp³-hybridized carbons (Fsp3) is 0.567. The van der Waals surface area contributed by atoms with Gasteiger partial charge in [0.05, 0.1) is 52.4 Å². The van der Waals surface area contributed by atoms with Crippen molar-refractivity contribution in [2.75, 3.05) is 56.6 Å². The monoisotopic (exact) mass is 708 g/mol. The molecule has 1 aromatic carbocycles. The van der Waals surface area contributed by atoms with E-state index in [1.54, 1.807) is 0 Å². The second-order valence-electron chi connectivity index (χ2n) is 13.5. The Morgan fingerprint density at radius 2 is 1.92 bits per heavy atom. The molecule has 256 valence electrons. The van der Waals surface area contributed by atoms with Crippen molar-refractivity contribution in [2.24, 2.45) is 0 Å². The van der Waals surface area contributed by atoms with Crippen molar-refractivity contribution in [1.29, 1.82) is 0 Å². The average Bonchev–Trinajstić information content (AvgIpc) is 3.33. The normalized spacial score (nSPS) is 31.9. The lowest BCUT2D eigenvalue weighted by Gasteiger charge is -2.47. The van der Waals surface area contributed by atoms with Crippen LogP contribution >= 0.6 is 11.3 Å². The molecular weight excluding hydrogens is 677 g/mol. The van der Waals surface area contributed by atoms with E-state index in [0.29, 0.717) is 43.6 Å². The van der Waals surface area contributed by atoms with Crippen LogP contribution in [0.2, 0.25) is 0 Å². The summed E-state index contributed by atoms with van der Waals surface area (Å²) in [5.41, 5.74) is 5.38. The zero-order valence-electron chi connectivity index (χ0n) is 25.5. The highest BCUT2D eigenvalue weighted by atomic mass is 32.2. The minimum absolute atomic E-state index is 0.0369. The maximum atomic E-state index is 14.9. The topological polar surface area (TPSA) is 139 Å². The molecule has 7 heterocycles. The molecule has 1 aliphatic carbocycles. The molecule has 4 saturated heterocycles. The maximum Gasteiger partial charge on any atom is 0.319 e. The zero-order valence-corrected chi connectivity index (χ0v) is 27.2. The summed E-state index contributed by atoms with van der Waals surface area (Å²) in [6.07, 6.45) is 1.68. The molecule has 2 aromatic heterocycles. The number of nitrogen functional groups attached to an aromatic ring is 1. The smallest absolute Gasteiger partial charge is 0.319 e. The first-order valence-corrected chi connectivity index (χ1v) is 18.2. The predicted octanol–water partition coefficient (Wildman–Crippen LogP) is 2.85. The molecule has 3 aromatic rings. The van der Waals surface area contributed by atoms with Crippen LogP contribution in [-0.2, 0) is 14.8 Å². The van der Waals surface area contributed by atoms with Gasteiger partial charge in [-0.25, -0.2) is 31.0 Å². The Balaban J connectivity index is 1.24. The Hall–Kier alpha value is -3.32. The highest BCUT2D eigenvalue weighted by Crippen LogP contribution is 2.54. The molecule has 12 nitrogen and oxygen atoms in total. The van der Waals surface area contributed by atoms with Gasteiger partial charge in [0.15, 0.2) is 15.8 Å². The number of hydrogen-bond acceptors (Lipinski definition) is 12. The molecule has 1 saturated carbocycles. The molecule has 5 fully saturated rings. The van der Waals surface area contributed by atoms with Crippen LogP contribution < -0.4 is 20.7 Å². The lowest BCUT2D eigenvalue weighted by Crippen LogP contribution is -2.64. The van der Waals surface area contributed by atoms with Crippen molar-refractivity contribution < 1.29 is 35.5 Å². The standard InChI is InChI=1S/C30H32F4N8O4S2/c31-15-7-29(4-1-5-40(29)11-15)14-46-28-37-20-6-21(18-2-3-19(32)24-23(18)38-27(35)47-24)42(22-8-30(22,33)34)48(43,44)25(20)26(39-28)41-16-9-36-10-17(41)13-45-12-16/h2-3,6,15-17,22,36H,1,4-5,7-14H2,(H2,35,38)/t15-,16?,17?,22?,29+/m1/s1. The van der Waals surface area contributed by atoms with Gasteiger partial charge in [0.1, 0.15) is 24.6 Å². The molecule has 5 atom stereocenters. The van der Waals surface area contributed by atoms with Gasteiger partial charge in [-0.05, 0) is 37.6 Å². The van der Waals surface area contributed by atoms with Crippen molar-refractivity contribution >= 4 is 54.3 Å². The van der Waals surface area contributed by atoms with Crippen LogP contribution in [0.5, 0.6) is 6.01 Å². The number of nitrogens with two attached hydrogens (primary N) is 1. The number of fused-ring (bicyclic) bond motifs is 5. The number of morpholine rings is 1. The highest BCUT2D eigenvalue weighted by molar-refractivity contribution is 7.89. The number of anilines is 2. The van der Waals surface area contributed by atoms with Crippen LogP contribution in [0.3, 0.4) is 0 Å². The SMILES string of the molecule is Nc1nc2c(C3=Cc4nc(OC[C@@]56CCCN5C[C@H](F)C6)nc(N5C6CNCC5COC6)c4S(=O)(=O)N3C3CC3(F)F)ccc(F)c2s1. The molecule has 3 unspecified atom stereocenters. The number of halogens is 4. The number of thiazole rings is 1. The number of aromatic nitrogens is 3. The van der Waals surface area contributed by atoms with Crippen molar-refractivity contribution in [3.05, 3.63) is 29.2 Å². The Morgan fingerprint density at radius 1 is 1.15 bits per heavy atom. The van der Waals surface area contributed by atoms with E-state index in [9.17, 15) is 26.0 Å². The number of sulfonamides is 1. The van der Waals surface area contributed by atoms with Crippen LogP contribution in [0, 0.1) is 5.82 Å². The first kappa shape index (κ1) is 30.7. The van der Waals surface area contributed by atoms with E-state index in [0.717, 1.165) is 36.8 Å². The fourth-order valence-electron chi connectivity index (χ4n) is 8.15.